The Balaban J connectivity index is 1.59. The zero-order valence-corrected chi connectivity index (χ0v) is 15.8. The fourth-order valence-corrected chi connectivity index (χ4v) is 3.44. The lowest BCUT2D eigenvalue weighted by Crippen LogP contribution is -2.17. The summed E-state index contributed by atoms with van der Waals surface area (Å²) in [5, 5.41) is 3.01. The van der Waals surface area contributed by atoms with Gasteiger partial charge in [0.05, 0.1) is 0 Å². The first-order valence-corrected chi connectivity index (χ1v) is 9.37. The predicted octanol–water partition coefficient (Wildman–Crippen LogP) is 5.94. The van der Waals surface area contributed by atoms with Gasteiger partial charge in [-0.25, -0.2) is 0 Å². The summed E-state index contributed by atoms with van der Waals surface area (Å²) in [6, 6.07) is 23.0. The molecule has 0 heterocycles. The fraction of sp³-hybridized carbons (Fsp3) is 0.160. The minimum Gasteiger partial charge on any atom is -0.322 e. The number of carbonyl (C=O) groups is 1. The van der Waals surface area contributed by atoms with E-state index in [4.69, 9.17) is 0 Å². The second-order valence-corrected chi connectivity index (χ2v) is 7.27. The van der Waals surface area contributed by atoms with Crippen molar-refractivity contribution in [2.45, 2.75) is 26.7 Å². The molecule has 1 aliphatic carbocycles. The van der Waals surface area contributed by atoms with Crippen molar-refractivity contribution in [2.24, 2.45) is 0 Å². The number of carbonyl (C=O) groups excluding carboxylic acids is 1. The van der Waals surface area contributed by atoms with Gasteiger partial charge in [-0.15, -0.1) is 0 Å². The number of amides is 1. The molecule has 0 radical (unpaired) electrons. The minimum atomic E-state index is -0.00904. The predicted molar refractivity (Wildman–Crippen MR) is 113 cm³/mol. The second-order valence-electron chi connectivity index (χ2n) is 7.27. The molecule has 0 aliphatic heterocycles. The van der Waals surface area contributed by atoms with Gasteiger partial charge in [-0.05, 0) is 73.2 Å². The maximum absolute atomic E-state index is 12.7. The van der Waals surface area contributed by atoms with Gasteiger partial charge in [0.1, 0.15) is 0 Å². The Morgan fingerprint density at radius 3 is 2.11 bits per heavy atom. The standard InChI is InChI=1S/C25H23NO/c1-17-3-7-19(8-4-17)21-11-9-20-10-12-22(16-23(20)15-21)25(27)26-24-13-5-18(2)6-14-24/h3-9,11,13-16H,10,12H2,1-2H3,(H,26,27). The van der Waals surface area contributed by atoms with Crippen molar-refractivity contribution in [3.05, 3.63) is 94.6 Å². The van der Waals surface area contributed by atoms with E-state index in [0.29, 0.717) is 0 Å². The fourth-order valence-electron chi connectivity index (χ4n) is 3.44. The van der Waals surface area contributed by atoms with Crippen LogP contribution < -0.4 is 5.32 Å². The molecular formula is C25H23NO. The Bertz CT molecular complexity index is 1010. The number of nitrogens with one attached hydrogen (secondary N) is 1. The molecule has 4 rings (SSSR count). The van der Waals surface area contributed by atoms with E-state index in [1.165, 1.54) is 27.8 Å². The number of aryl methyl sites for hydroxylation is 3. The maximum Gasteiger partial charge on any atom is 0.251 e. The summed E-state index contributed by atoms with van der Waals surface area (Å²) < 4.78 is 0. The molecule has 1 N–H and O–H groups in total. The Morgan fingerprint density at radius 1 is 0.778 bits per heavy atom. The van der Waals surface area contributed by atoms with Gasteiger partial charge in [0.25, 0.3) is 5.91 Å². The molecular weight excluding hydrogens is 330 g/mol. The van der Waals surface area contributed by atoms with E-state index >= 15 is 0 Å². The van der Waals surface area contributed by atoms with Crippen LogP contribution in [-0.4, -0.2) is 5.91 Å². The molecule has 1 aliphatic rings. The van der Waals surface area contributed by atoms with Gasteiger partial charge in [-0.3, -0.25) is 4.79 Å². The zero-order valence-electron chi connectivity index (χ0n) is 15.8. The summed E-state index contributed by atoms with van der Waals surface area (Å²) in [7, 11) is 0. The van der Waals surface area contributed by atoms with Gasteiger partial charge < -0.3 is 5.32 Å². The van der Waals surface area contributed by atoms with Gasteiger partial charge in [0.2, 0.25) is 0 Å². The van der Waals surface area contributed by atoms with Crippen molar-refractivity contribution in [3.63, 3.8) is 0 Å². The average molecular weight is 353 g/mol. The minimum absolute atomic E-state index is 0.00904. The van der Waals surface area contributed by atoms with Crippen LogP contribution in [0.5, 0.6) is 0 Å². The Kier molecular flexibility index (Phi) is 4.64. The smallest absolute Gasteiger partial charge is 0.251 e. The molecule has 3 aromatic rings. The number of benzene rings is 3. The molecule has 0 saturated heterocycles. The lowest BCUT2D eigenvalue weighted by atomic mass is 9.89. The third-order valence-corrected chi connectivity index (χ3v) is 5.13. The van der Waals surface area contributed by atoms with Gasteiger partial charge in [0, 0.05) is 11.3 Å². The van der Waals surface area contributed by atoms with Crippen LogP contribution in [0.25, 0.3) is 17.2 Å². The molecule has 2 nitrogen and oxygen atoms in total. The van der Waals surface area contributed by atoms with Crippen molar-refractivity contribution in [1.82, 2.24) is 0 Å². The Morgan fingerprint density at radius 2 is 1.41 bits per heavy atom. The first-order chi connectivity index (χ1) is 13.1. The molecule has 0 atom stereocenters. The van der Waals surface area contributed by atoms with E-state index in [1.807, 2.05) is 37.3 Å². The van der Waals surface area contributed by atoms with Crippen LogP contribution in [-0.2, 0) is 11.2 Å². The van der Waals surface area contributed by atoms with Crippen molar-refractivity contribution >= 4 is 17.7 Å². The highest BCUT2D eigenvalue weighted by molar-refractivity contribution is 6.07. The van der Waals surface area contributed by atoms with Crippen molar-refractivity contribution < 1.29 is 4.79 Å². The Hall–Kier alpha value is -3.13. The van der Waals surface area contributed by atoms with Crippen molar-refractivity contribution in [2.75, 3.05) is 5.32 Å². The first kappa shape index (κ1) is 17.3. The van der Waals surface area contributed by atoms with Crippen LogP contribution in [0.1, 0.15) is 28.7 Å². The zero-order chi connectivity index (χ0) is 18.8. The van der Waals surface area contributed by atoms with Crippen LogP contribution in [0.15, 0.2) is 72.3 Å². The van der Waals surface area contributed by atoms with Crippen LogP contribution in [0, 0.1) is 13.8 Å². The summed E-state index contributed by atoms with van der Waals surface area (Å²) in [6.45, 7) is 4.14. The Labute approximate surface area is 160 Å². The van der Waals surface area contributed by atoms with Gasteiger partial charge in [-0.1, -0.05) is 59.7 Å². The highest BCUT2D eigenvalue weighted by atomic mass is 16.1. The first-order valence-electron chi connectivity index (χ1n) is 9.37. The van der Waals surface area contributed by atoms with Crippen LogP contribution >= 0.6 is 0 Å². The highest BCUT2D eigenvalue weighted by Gasteiger charge is 2.17. The summed E-state index contributed by atoms with van der Waals surface area (Å²) in [5.41, 5.74) is 8.95. The van der Waals surface area contributed by atoms with E-state index < -0.39 is 0 Å². The van der Waals surface area contributed by atoms with E-state index in [1.54, 1.807) is 0 Å². The lowest BCUT2D eigenvalue weighted by Gasteiger charge is -2.17. The van der Waals surface area contributed by atoms with Gasteiger partial charge >= 0.3 is 0 Å². The van der Waals surface area contributed by atoms with Crippen LogP contribution in [0.3, 0.4) is 0 Å². The number of fused-ring (bicyclic) bond motifs is 1. The summed E-state index contributed by atoms with van der Waals surface area (Å²) in [4.78, 5) is 12.7. The van der Waals surface area contributed by atoms with E-state index in [9.17, 15) is 4.79 Å². The molecule has 0 aromatic heterocycles. The molecule has 0 unspecified atom stereocenters. The third kappa shape index (κ3) is 3.85. The normalized spacial score (nSPS) is 12.9. The molecule has 0 spiro atoms. The molecule has 1 amide bonds. The molecule has 3 aromatic carbocycles. The summed E-state index contributed by atoms with van der Waals surface area (Å²) in [5.74, 6) is -0.00904. The summed E-state index contributed by atoms with van der Waals surface area (Å²) >= 11 is 0. The molecule has 0 saturated carbocycles. The molecule has 27 heavy (non-hydrogen) atoms. The number of hydrogen-bond donors (Lipinski definition) is 1. The molecule has 0 bridgehead atoms. The SMILES string of the molecule is Cc1ccc(NC(=O)C2=Cc3cc(-c4ccc(C)cc4)ccc3CC2)cc1. The lowest BCUT2D eigenvalue weighted by molar-refractivity contribution is -0.112. The second kappa shape index (κ2) is 7.24. The monoisotopic (exact) mass is 353 g/mol. The molecule has 2 heteroatoms. The largest absolute Gasteiger partial charge is 0.322 e. The van der Waals surface area contributed by atoms with E-state index in [-0.39, 0.29) is 5.91 Å². The van der Waals surface area contributed by atoms with Crippen molar-refractivity contribution in [3.8, 4) is 11.1 Å². The van der Waals surface area contributed by atoms with E-state index in [0.717, 1.165) is 29.7 Å². The third-order valence-electron chi connectivity index (χ3n) is 5.13. The van der Waals surface area contributed by atoms with Crippen LogP contribution in [0.2, 0.25) is 0 Å². The number of anilines is 1. The van der Waals surface area contributed by atoms with E-state index in [2.05, 4.69) is 54.7 Å². The number of rotatable bonds is 3. The molecule has 0 fully saturated rings. The average Bonchev–Trinajstić information content (AvgIpc) is 2.69. The maximum atomic E-state index is 12.7. The highest BCUT2D eigenvalue weighted by Crippen LogP contribution is 2.29. The topological polar surface area (TPSA) is 29.1 Å². The van der Waals surface area contributed by atoms with Crippen LogP contribution in [0.4, 0.5) is 5.69 Å². The quantitative estimate of drug-likeness (QED) is 0.620. The molecule has 134 valence electrons. The number of hydrogen-bond acceptors (Lipinski definition) is 1. The van der Waals surface area contributed by atoms with Gasteiger partial charge in [0.15, 0.2) is 0 Å². The van der Waals surface area contributed by atoms with Gasteiger partial charge in [-0.2, -0.15) is 0 Å². The van der Waals surface area contributed by atoms with Crippen molar-refractivity contribution in [1.29, 1.82) is 0 Å². The summed E-state index contributed by atoms with van der Waals surface area (Å²) in [6.07, 6.45) is 3.71.